The minimum Gasteiger partial charge on any atom is -0.217 e. The first-order valence-electron chi connectivity index (χ1n) is 2.42. The first kappa shape index (κ1) is 12.4. The molecule has 0 saturated carbocycles. The highest BCUT2D eigenvalue weighted by atomic mass is 19.4. The largest absolute Gasteiger partial charge is 0.484 e. The normalized spacial score (nSPS) is 14.8. The molecule has 10 heteroatoms. The van der Waals surface area contributed by atoms with Gasteiger partial charge in [-0.25, -0.2) is 4.84 Å². The van der Waals surface area contributed by atoms with Crippen molar-refractivity contribution in [3.63, 3.8) is 0 Å². The quantitative estimate of drug-likeness (QED) is 0.436. The van der Waals surface area contributed by atoms with Crippen LogP contribution in [0.4, 0.5) is 35.1 Å². The van der Waals surface area contributed by atoms with E-state index >= 15 is 0 Å². The van der Waals surface area contributed by atoms with Gasteiger partial charge in [-0.3, -0.25) is 0 Å². The summed E-state index contributed by atoms with van der Waals surface area (Å²) >= 11 is 0. The van der Waals surface area contributed by atoms with Gasteiger partial charge in [0.2, 0.25) is 0 Å². The molecule has 0 aliphatic rings. The fourth-order valence-electron chi connectivity index (χ4n) is 0.180. The Balaban J connectivity index is 4.21. The van der Waals surface area contributed by atoms with Crippen molar-refractivity contribution in [2.75, 3.05) is 0 Å². The van der Waals surface area contributed by atoms with Crippen LogP contribution in [0.25, 0.3) is 0 Å². The number of nitrogens with one attached hydrogen (secondary N) is 1. The van der Waals surface area contributed by atoms with Crippen LogP contribution in [0.2, 0.25) is 0 Å². The van der Waals surface area contributed by atoms with E-state index in [2.05, 4.69) is 4.84 Å². The maximum absolute atomic E-state index is 11.6. The average molecular weight is 219 g/mol. The summed E-state index contributed by atoms with van der Waals surface area (Å²) in [6.45, 7) is 0. The third-order valence-electron chi connectivity index (χ3n) is 0.625. The molecule has 13 heavy (non-hydrogen) atoms. The Morgan fingerprint density at radius 2 is 1.15 bits per heavy atom. The average Bonchev–Trinajstić information content (AvgIpc) is 1.79. The van der Waals surface area contributed by atoms with E-state index in [9.17, 15) is 35.1 Å². The maximum atomic E-state index is 11.6. The zero-order valence-corrected chi connectivity index (χ0v) is 5.43. The van der Waals surface area contributed by atoms with E-state index in [0.29, 0.717) is 0 Å². The molecule has 0 rings (SSSR count). The highest BCUT2D eigenvalue weighted by Gasteiger charge is 2.61. The minimum atomic E-state index is -6.20. The topological polar surface area (TPSA) is 21.3 Å². The van der Waals surface area contributed by atoms with Gasteiger partial charge in [-0.2, -0.15) is 35.1 Å². The standard InChI is InChI=1S/C3HF8NO/c4-1(5,6)2(7,8)13-12-3(9,10)11/h12H. The van der Waals surface area contributed by atoms with E-state index in [-0.39, 0.29) is 0 Å². The van der Waals surface area contributed by atoms with Crippen LogP contribution in [-0.4, -0.2) is 18.6 Å². The zero-order valence-electron chi connectivity index (χ0n) is 5.43. The van der Waals surface area contributed by atoms with Crippen molar-refractivity contribution in [2.45, 2.75) is 18.6 Å². The van der Waals surface area contributed by atoms with Gasteiger partial charge in [-0.15, -0.1) is 5.48 Å². The molecule has 0 spiro atoms. The summed E-state index contributed by atoms with van der Waals surface area (Å²) in [4.78, 5) is 2.12. The van der Waals surface area contributed by atoms with Gasteiger partial charge < -0.3 is 0 Å². The molecule has 0 aliphatic heterocycles. The van der Waals surface area contributed by atoms with Crippen molar-refractivity contribution in [1.82, 2.24) is 5.48 Å². The molecule has 0 aliphatic carbocycles. The molecule has 0 aromatic rings. The van der Waals surface area contributed by atoms with Gasteiger partial charge in [0.25, 0.3) is 0 Å². The Morgan fingerprint density at radius 3 is 1.38 bits per heavy atom. The maximum Gasteiger partial charge on any atom is 0.484 e. The van der Waals surface area contributed by atoms with E-state index in [4.69, 9.17) is 0 Å². The summed E-state index contributed by atoms with van der Waals surface area (Å²) in [5, 5.41) is 0. The third kappa shape index (κ3) is 4.22. The molecule has 0 atom stereocenters. The SMILES string of the molecule is FC(F)(F)NOC(F)(F)C(F)(F)F. The highest BCUT2D eigenvalue weighted by molar-refractivity contribution is 4.62. The Morgan fingerprint density at radius 1 is 0.769 bits per heavy atom. The predicted octanol–water partition coefficient (Wildman–Crippen LogP) is 2.18. The lowest BCUT2D eigenvalue weighted by molar-refractivity contribution is -0.432. The molecule has 0 aromatic heterocycles. The lowest BCUT2D eigenvalue weighted by Crippen LogP contribution is -2.47. The number of hydroxylamine groups is 1. The minimum absolute atomic E-state index is 0.401. The fourth-order valence-corrected chi connectivity index (χ4v) is 0.180. The van der Waals surface area contributed by atoms with Crippen LogP contribution in [0.5, 0.6) is 0 Å². The van der Waals surface area contributed by atoms with Crippen LogP contribution < -0.4 is 5.48 Å². The number of alkyl halides is 8. The molecule has 2 nitrogen and oxygen atoms in total. The van der Waals surface area contributed by atoms with Gasteiger partial charge in [0, 0.05) is 0 Å². The van der Waals surface area contributed by atoms with Crippen molar-refractivity contribution in [3.8, 4) is 0 Å². The lowest BCUT2D eigenvalue weighted by atomic mass is 10.6. The van der Waals surface area contributed by atoms with Gasteiger partial charge in [-0.1, -0.05) is 0 Å². The van der Waals surface area contributed by atoms with Crippen molar-refractivity contribution in [1.29, 1.82) is 0 Å². The zero-order chi connectivity index (χ0) is 10.9. The molecule has 1 N–H and O–H groups in total. The third-order valence-corrected chi connectivity index (χ3v) is 0.625. The molecule has 0 saturated heterocycles. The second kappa shape index (κ2) is 3.25. The van der Waals surface area contributed by atoms with Crippen molar-refractivity contribution in [2.24, 2.45) is 0 Å². The van der Waals surface area contributed by atoms with Crippen LogP contribution in [-0.2, 0) is 4.84 Å². The van der Waals surface area contributed by atoms with Crippen LogP contribution in [0, 0.1) is 0 Å². The molecule has 0 heterocycles. The van der Waals surface area contributed by atoms with E-state index < -0.39 is 24.1 Å². The van der Waals surface area contributed by atoms with Gasteiger partial charge in [0.1, 0.15) is 0 Å². The summed E-state index contributed by atoms with van der Waals surface area (Å²) in [5.41, 5.74) is -0.401. The molecule has 0 radical (unpaired) electrons. The van der Waals surface area contributed by atoms with Gasteiger partial charge in [0.15, 0.2) is 0 Å². The summed E-state index contributed by atoms with van der Waals surface area (Å²) in [6, 6.07) is 0. The second-order valence-corrected chi connectivity index (χ2v) is 1.72. The van der Waals surface area contributed by atoms with Crippen molar-refractivity contribution < 1.29 is 40.0 Å². The van der Waals surface area contributed by atoms with Crippen LogP contribution >= 0.6 is 0 Å². The first-order valence-corrected chi connectivity index (χ1v) is 2.42. The Bertz CT molecular complexity index is 169. The first-order chi connectivity index (χ1) is 5.46. The number of halogens is 8. The number of rotatable bonds is 2. The fraction of sp³-hybridized carbons (Fsp3) is 1.00. The summed E-state index contributed by atoms with van der Waals surface area (Å²) in [7, 11) is 0. The second-order valence-electron chi connectivity index (χ2n) is 1.72. The predicted molar refractivity (Wildman–Crippen MR) is 21.3 cm³/mol. The monoisotopic (exact) mass is 219 g/mol. The molecule has 80 valence electrons. The Hall–Kier alpha value is -0.640. The van der Waals surface area contributed by atoms with Crippen molar-refractivity contribution >= 4 is 0 Å². The highest BCUT2D eigenvalue weighted by Crippen LogP contribution is 2.36. The number of hydrogen-bond donors (Lipinski definition) is 1. The van der Waals surface area contributed by atoms with Crippen LogP contribution in [0.3, 0.4) is 0 Å². The van der Waals surface area contributed by atoms with Gasteiger partial charge >= 0.3 is 18.6 Å². The molecule has 0 amide bonds. The Kier molecular flexibility index (Phi) is 3.09. The van der Waals surface area contributed by atoms with E-state index in [1.807, 2.05) is 0 Å². The van der Waals surface area contributed by atoms with Gasteiger partial charge in [-0.05, 0) is 0 Å². The van der Waals surface area contributed by atoms with E-state index in [1.165, 1.54) is 0 Å². The number of hydrogen-bond acceptors (Lipinski definition) is 2. The Labute approximate surface area is 65.4 Å². The summed E-state index contributed by atoms with van der Waals surface area (Å²) < 4.78 is 89.6. The summed E-state index contributed by atoms with van der Waals surface area (Å²) in [6.07, 6.45) is -17.6. The molecule has 0 aromatic carbocycles. The molecular weight excluding hydrogens is 218 g/mol. The summed E-state index contributed by atoms with van der Waals surface area (Å²) in [5.74, 6) is 0. The molecular formula is C3HF8NO. The molecule has 0 fully saturated rings. The van der Waals surface area contributed by atoms with Crippen molar-refractivity contribution in [3.05, 3.63) is 0 Å². The van der Waals surface area contributed by atoms with E-state index in [1.54, 1.807) is 0 Å². The smallest absolute Gasteiger partial charge is 0.217 e. The van der Waals surface area contributed by atoms with Gasteiger partial charge in [0.05, 0.1) is 0 Å². The van der Waals surface area contributed by atoms with E-state index in [0.717, 1.165) is 0 Å². The van der Waals surface area contributed by atoms with Crippen LogP contribution in [0.15, 0.2) is 0 Å². The lowest BCUT2D eigenvalue weighted by Gasteiger charge is -2.19. The molecule has 0 unspecified atom stereocenters. The molecule has 0 bridgehead atoms. The van der Waals surface area contributed by atoms with Crippen LogP contribution in [0.1, 0.15) is 0 Å².